The number of ether oxygens (including phenoxy) is 1. The minimum Gasteiger partial charge on any atom is -0.457 e. The predicted molar refractivity (Wildman–Crippen MR) is 144 cm³/mol. The molecule has 4 rings (SSSR count). The molecule has 1 saturated heterocycles. The number of carbonyl (C=O) groups excluding carboxylic acids is 2. The number of hydrogen-bond donors (Lipinski definition) is 2. The highest BCUT2D eigenvalue weighted by Crippen LogP contribution is 2.39. The van der Waals surface area contributed by atoms with E-state index in [1.165, 1.54) is 4.90 Å². The minimum absolute atomic E-state index is 0.0976. The fraction of sp³-hybridized carbons (Fsp3) is 0.379. The molecule has 2 aromatic rings. The topological polar surface area (TPSA) is 87.9 Å². The molecule has 2 aliphatic rings. The molecule has 1 aliphatic heterocycles. The van der Waals surface area contributed by atoms with Crippen molar-refractivity contribution in [1.82, 2.24) is 10.2 Å². The first-order valence-electron chi connectivity index (χ1n) is 13.2. The van der Waals surface area contributed by atoms with E-state index < -0.39 is 48.3 Å². The SMILES string of the molecule is N[C@H]1CCN(C(=O)CN(CC(=O)NCC2C=C(C(F)(F)F)C=C(C(F)(F)F)C2)c2cccc(Oc3ccccc3)c2)C1. The maximum absolute atomic E-state index is 13.3. The normalized spacial score (nSPS) is 19.2. The first-order valence-corrected chi connectivity index (χ1v) is 13.2. The lowest BCUT2D eigenvalue weighted by atomic mass is 9.89. The van der Waals surface area contributed by atoms with Crippen molar-refractivity contribution in [1.29, 1.82) is 0 Å². The van der Waals surface area contributed by atoms with Gasteiger partial charge in [0, 0.05) is 43.0 Å². The molecule has 0 saturated carbocycles. The number of likely N-dealkylation sites (tertiary alicyclic amines) is 1. The number of nitrogens with one attached hydrogen (secondary N) is 1. The van der Waals surface area contributed by atoms with Gasteiger partial charge in [-0.15, -0.1) is 0 Å². The molecule has 1 unspecified atom stereocenters. The zero-order valence-electron chi connectivity index (χ0n) is 22.4. The van der Waals surface area contributed by atoms with Crippen molar-refractivity contribution in [3.05, 3.63) is 77.9 Å². The van der Waals surface area contributed by atoms with Gasteiger partial charge in [-0.25, -0.2) is 0 Å². The van der Waals surface area contributed by atoms with E-state index in [1.807, 2.05) is 6.07 Å². The summed E-state index contributed by atoms with van der Waals surface area (Å²) in [5.41, 5.74) is 3.65. The van der Waals surface area contributed by atoms with Gasteiger partial charge >= 0.3 is 12.4 Å². The Labute approximate surface area is 238 Å². The molecule has 0 bridgehead atoms. The first-order chi connectivity index (χ1) is 19.8. The molecule has 2 amide bonds. The van der Waals surface area contributed by atoms with E-state index in [9.17, 15) is 35.9 Å². The van der Waals surface area contributed by atoms with E-state index in [2.05, 4.69) is 5.32 Å². The first kappa shape index (κ1) is 30.9. The summed E-state index contributed by atoms with van der Waals surface area (Å²) in [6.45, 7) is -0.226. The second kappa shape index (κ2) is 12.9. The molecular formula is C29H30F6N4O3. The Morgan fingerprint density at radius 2 is 1.69 bits per heavy atom. The van der Waals surface area contributed by atoms with E-state index in [1.54, 1.807) is 53.4 Å². The van der Waals surface area contributed by atoms with Crippen LogP contribution in [-0.2, 0) is 9.59 Å². The van der Waals surface area contributed by atoms with E-state index in [0.29, 0.717) is 42.8 Å². The number of anilines is 1. The number of carbonyl (C=O) groups is 2. The summed E-state index contributed by atoms with van der Waals surface area (Å²) in [5, 5.41) is 2.44. The second-order valence-electron chi connectivity index (χ2n) is 10.2. The van der Waals surface area contributed by atoms with E-state index in [0.717, 1.165) is 0 Å². The Hall–Kier alpha value is -4.00. The highest BCUT2D eigenvalue weighted by molar-refractivity contribution is 5.86. The Kier molecular flexibility index (Phi) is 9.50. The van der Waals surface area contributed by atoms with Crippen LogP contribution in [0.3, 0.4) is 0 Å². The van der Waals surface area contributed by atoms with Crippen molar-refractivity contribution in [3.8, 4) is 11.5 Å². The van der Waals surface area contributed by atoms with Crippen LogP contribution in [0.1, 0.15) is 12.8 Å². The third-order valence-corrected chi connectivity index (χ3v) is 6.88. The molecule has 226 valence electrons. The number of rotatable bonds is 9. The van der Waals surface area contributed by atoms with Crippen molar-refractivity contribution in [3.63, 3.8) is 0 Å². The van der Waals surface area contributed by atoms with Gasteiger partial charge < -0.3 is 25.6 Å². The Morgan fingerprint density at radius 1 is 0.976 bits per heavy atom. The fourth-order valence-electron chi connectivity index (χ4n) is 4.75. The number of amides is 2. The third kappa shape index (κ3) is 8.51. The summed E-state index contributed by atoms with van der Waals surface area (Å²) in [6, 6.07) is 15.4. The fourth-order valence-corrected chi connectivity index (χ4v) is 4.75. The van der Waals surface area contributed by atoms with Gasteiger partial charge in [0.2, 0.25) is 11.8 Å². The maximum Gasteiger partial charge on any atom is 0.416 e. The third-order valence-electron chi connectivity index (χ3n) is 6.88. The van der Waals surface area contributed by atoms with Gasteiger partial charge in [0.25, 0.3) is 0 Å². The van der Waals surface area contributed by atoms with E-state index in [-0.39, 0.29) is 31.1 Å². The predicted octanol–water partition coefficient (Wildman–Crippen LogP) is 4.96. The van der Waals surface area contributed by atoms with Crippen LogP contribution in [0.2, 0.25) is 0 Å². The van der Waals surface area contributed by atoms with Gasteiger partial charge in [-0.3, -0.25) is 9.59 Å². The molecule has 2 aromatic carbocycles. The molecule has 3 N–H and O–H groups in total. The summed E-state index contributed by atoms with van der Waals surface area (Å²) in [7, 11) is 0. The van der Waals surface area contributed by atoms with Crippen molar-refractivity contribution in [2.45, 2.75) is 31.2 Å². The van der Waals surface area contributed by atoms with Crippen LogP contribution in [0.4, 0.5) is 32.0 Å². The van der Waals surface area contributed by atoms with Gasteiger partial charge in [0.15, 0.2) is 0 Å². The molecule has 1 aliphatic carbocycles. The molecule has 0 aromatic heterocycles. The largest absolute Gasteiger partial charge is 0.457 e. The standard InChI is InChI=1S/C29H30F6N4O3/c30-28(31,32)20-11-19(12-21(13-20)29(33,34)35)15-37-26(40)17-39(18-27(41)38-10-9-22(36)16-38)23-5-4-8-25(14-23)42-24-6-2-1-3-7-24/h1-8,11,13-14,19,22H,9-10,12,15-18,36H2,(H,37,40)/t19?,22-/m0/s1. The number of nitrogens with two attached hydrogens (primary N) is 1. The minimum atomic E-state index is -4.97. The van der Waals surface area contributed by atoms with Crippen LogP contribution in [-0.4, -0.2) is 67.8 Å². The molecule has 0 radical (unpaired) electrons. The van der Waals surface area contributed by atoms with Crippen LogP contribution in [0.15, 0.2) is 77.9 Å². The molecule has 1 heterocycles. The van der Waals surface area contributed by atoms with Gasteiger partial charge in [0.1, 0.15) is 11.5 Å². The number of alkyl halides is 6. The molecule has 0 spiro atoms. The number of allylic oxidation sites excluding steroid dienone is 3. The molecule has 13 heteroatoms. The average Bonchev–Trinajstić information content (AvgIpc) is 3.37. The maximum atomic E-state index is 13.3. The van der Waals surface area contributed by atoms with Crippen LogP contribution in [0, 0.1) is 5.92 Å². The van der Waals surface area contributed by atoms with Crippen molar-refractivity contribution >= 4 is 17.5 Å². The Balaban J connectivity index is 1.48. The Morgan fingerprint density at radius 3 is 2.33 bits per heavy atom. The molecule has 7 nitrogen and oxygen atoms in total. The van der Waals surface area contributed by atoms with Gasteiger partial charge in [-0.05, 0) is 49.1 Å². The zero-order chi connectivity index (χ0) is 30.5. The quantitative estimate of drug-likeness (QED) is 0.400. The monoisotopic (exact) mass is 596 g/mol. The van der Waals surface area contributed by atoms with E-state index in [4.69, 9.17) is 10.5 Å². The van der Waals surface area contributed by atoms with Crippen molar-refractivity contribution in [2.75, 3.05) is 37.6 Å². The summed E-state index contributed by atoms with van der Waals surface area (Å²) in [6.07, 6.45) is -9.19. The summed E-state index contributed by atoms with van der Waals surface area (Å²) < 4.78 is 85.4. The number of halogens is 6. The van der Waals surface area contributed by atoms with Gasteiger partial charge in [-0.1, -0.05) is 30.3 Å². The second-order valence-corrected chi connectivity index (χ2v) is 10.2. The highest BCUT2D eigenvalue weighted by atomic mass is 19.4. The highest BCUT2D eigenvalue weighted by Gasteiger charge is 2.41. The summed E-state index contributed by atoms with van der Waals surface area (Å²) in [4.78, 5) is 29.0. The van der Waals surface area contributed by atoms with Gasteiger partial charge in [0.05, 0.1) is 18.7 Å². The zero-order valence-corrected chi connectivity index (χ0v) is 22.4. The lowest BCUT2D eigenvalue weighted by molar-refractivity contribution is -0.128. The number of nitrogens with zero attached hydrogens (tertiary/aromatic N) is 2. The van der Waals surface area contributed by atoms with Crippen LogP contribution in [0.25, 0.3) is 0 Å². The number of para-hydroxylation sites is 1. The molecule has 42 heavy (non-hydrogen) atoms. The van der Waals surface area contributed by atoms with Crippen LogP contribution in [0.5, 0.6) is 11.5 Å². The average molecular weight is 597 g/mol. The summed E-state index contributed by atoms with van der Waals surface area (Å²) >= 11 is 0. The number of benzene rings is 2. The smallest absolute Gasteiger partial charge is 0.416 e. The lowest BCUT2D eigenvalue weighted by Gasteiger charge is -2.28. The summed E-state index contributed by atoms with van der Waals surface area (Å²) in [5.74, 6) is -1.20. The Bertz CT molecular complexity index is 1330. The van der Waals surface area contributed by atoms with Crippen LogP contribution < -0.4 is 20.7 Å². The lowest BCUT2D eigenvalue weighted by Crippen LogP contribution is -2.45. The number of hydrogen-bond acceptors (Lipinski definition) is 5. The van der Waals surface area contributed by atoms with E-state index >= 15 is 0 Å². The molecule has 1 fully saturated rings. The van der Waals surface area contributed by atoms with Gasteiger partial charge in [-0.2, -0.15) is 26.3 Å². The van der Waals surface area contributed by atoms with Crippen molar-refractivity contribution in [2.24, 2.45) is 11.7 Å². The molecular weight excluding hydrogens is 566 g/mol. The molecule has 2 atom stereocenters. The van der Waals surface area contributed by atoms with Crippen molar-refractivity contribution < 1.29 is 40.7 Å². The van der Waals surface area contributed by atoms with Crippen LogP contribution >= 0.6 is 0 Å².